The minimum Gasteiger partial charge on any atom is -0.309 e. The summed E-state index contributed by atoms with van der Waals surface area (Å²) in [6.45, 7) is -0.503. The maximum atomic E-state index is 14.3. The molecule has 0 saturated heterocycles. The van der Waals surface area contributed by atoms with E-state index in [2.05, 4.69) is 4.99 Å². The number of aliphatic imine (C=N–C) groups is 1. The Bertz CT molecular complexity index is 1030. The quantitative estimate of drug-likeness (QED) is 0.735. The van der Waals surface area contributed by atoms with Gasteiger partial charge in [0.2, 0.25) is 5.91 Å². The molecule has 1 amide bonds. The summed E-state index contributed by atoms with van der Waals surface area (Å²) < 4.78 is 46.7. The highest BCUT2D eigenvalue weighted by Gasteiger charge is 2.26. The van der Waals surface area contributed by atoms with Crippen molar-refractivity contribution in [2.75, 3.05) is 24.5 Å². The number of nitrogens with zero attached hydrogens (tertiary/aromatic N) is 2. The number of benzene rings is 2. The number of rotatable bonds is 5. The third-order valence-corrected chi connectivity index (χ3v) is 4.73. The van der Waals surface area contributed by atoms with Crippen LogP contribution in [0.25, 0.3) is 0 Å². The zero-order valence-electron chi connectivity index (χ0n) is 13.9. The fourth-order valence-electron chi connectivity index (χ4n) is 2.80. The van der Waals surface area contributed by atoms with E-state index in [-0.39, 0.29) is 30.9 Å². The van der Waals surface area contributed by atoms with Gasteiger partial charge in [0.15, 0.2) is 0 Å². The molecule has 1 aliphatic rings. The van der Waals surface area contributed by atoms with E-state index in [1.807, 2.05) is 4.72 Å². The lowest BCUT2D eigenvalue weighted by Gasteiger charge is -2.23. The number of carbonyl (C=O) groups excluding carboxylic acids is 1. The summed E-state index contributed by atoms with van der Waals surface area (Å²) >= 11 is 6.09. The van der Waals surface area contributed by atoms with Crippen molar-refractivity contribution in [3.63, 3.8) is 0 Å². The number of hydrogen-bond donors (Lipinski definition) is 2. The fourth-order valence-corrected chi connectivity index (χ4v) is 3.32. The first kappa shape index (κ1) is 19.4. The Kier molecular flexibility index (Phi) is 5.56. The fraction of sp³-hybridized carbons (Fsp3) is 0.176. The molecule has 142 valence electrons. The third kappa shape index (κ3) is 4.51. The molecule has 0 bridgehead atoms. The Morgan fingerprint density at radius 3 is 2.67 bits per heavy atom. The van der Waals surface area contributed by atoms with Crippen molar-refractivity contribution in [2.45, 2.75) is 0 Å². The van der Waals surface area contributed by atoms with Crippen LogP contribution >= 0.6 is 11.6 Å². The molecule has 0 aliphatic carbocycles. The van der Waals surface area contributed by atoms with Gasteiger partial charge < -0.3 is 4.90 Å². The van der Waals surface area contributed by atoms with Gasteiger partial charge in [-0.2, -0.15) is 13.1 Å². The van der Waals surface area contributed by atoms with E-state index in [1.165, 1.54) is 11.0 Å². The second-order valence-electron chi connectivity index (χ2n) is 5.72. The monoisotopic (exact) mass is 411 g/mol. The normalized spacial score (nSPS) is 14.6. The van der Waals surface area contributed by atoms with Crippen LogP contribution in [-0.2, 0) is 15.1 Å². The number of halogens is 2. The lowest BCUT2D eigenvalue weighted by Crippen LogP contribution is -2.39. The molecular formula is C17H15ClFN3O4S. The van der Waals surface area contributed by atoms with E-state index in [0.29, 0.717) is 16.3 Å². The van der Waals surface area contributed by atoms with Crippen molar-refractivity contribution in [3.05, 3.63) is 64.4 Å². The van der Waals surface area contributed by atoms with Crippen LogP contribution in [0.5, 0.6) is 0 Å². The first-order chi connectivity index (χ1) is 12.8. The number of hydrogen-bond acceptors (Lipinski definition) is 4. The highest BCUT2D eigenvalue weighted by Crippen LogP contribution is 2.30. The first-order valence-corrected chi connectivity index (χ1v) is 9.70. The molecule has 7 nitrogen and oxygen atoms in total. The van der Waals surface area contributed by atoms with Gasteiger partial charge in [0.25, 0.3) is 0 Å². The van der Waals surface area contributed by atoms with Gasteiger partial charge in [0, 0.05) is 29.2 Å². The molecule has 0 fully saturated rings. The van der Waals surface area contributed by atoms with E-state index < -0.39 is 22.0 Å². The van der Waals surface area contributed by atoms with E-state index in [1.54, 1.807) is 36.4 Å². The molecule has 0 unspecified atom stereocenters. The minimum absolute atomic E-state index is 0.0483. The molecule has 2 aromatic carbocycles. The minimum atomic E-state index is -4.38. The standard InChI is InChI=1S/C17H15ClFN3O4S/c18-11-5-6-15-13(9-11)17(12-3-1-2-4-14(12)19)20-10-16(23)22(15)8-7-21-27(24,25)26/h1-6,9,21H,7-8,10H2,(H,24,25,26). The van der Waals surface area contributed by atoms with Crippen molar-refractivity contribution in [1.82, 2.24) is 4.72 Å². The lowest BCUT2D eigenvalue weighted by atomic mass is 9.99. The molecule has 0 aromatic heterocycles. The summed E-state index contributed by atoms with van der Waals surface area (Å²) in [4.78, 5) is 18.1. The topological polar surface area (TPSA) is 99.1 Å². The van der Waals surface area contributed by atoms with Gasteiger partial charge in [0.05, 0.1) is 11.4 Å². The summed E-state index contributed by atoms with van der Waals surface area (Å²) in [7, 11) is -4.38. The molecule has 1 heterocycles. The Labute approximate surface area is 160 Å². The van der Waals surface area contributed by atoms with Crippen molar-refractivity contribution >= 4 is 39.2 Å². The smallest absolute Gasteiger partial charge is 0.309 e. The van der Waals surface area contributed by atoms with Crippen molar-refractivity contribution in [2.24, 2.45) is 4.99 Å². The average molecular weight is 412 g/mol. The molecule has 0 spiro atoms. The molecule has 27 heavy (non-hydrogen) atoms. The zero-order chi connectivity index (χ0) is 19.6. The Morgan fingerprint density at radius 1 is 1.22 bits per heavy atom. The van der Waals surface area contributed by atoms with Crippen LogP contribution in [0.4, 0.5) is 10.1 Å². The Balaban J connectivity index is 2.04. The number of amides is 1. The predicted octanol–water partition coefficient (Wildman–Crippen LogP) is 2.06. The molecule has 0 saturated carbocycles. The van der Waals surface area contributed by atoms with Crippen LogP contribution in [0.1, 0.15) is 11.1 Å². The summed E-state index contributed by atoms with van der Waals surface area (Å²) in [6, 6.07) is 10.8. The van der Waals surface area contributed by atoms with Gasteiger partial charge in [0.1, 0.15) is 12.4 Å². The van der Waals surface area contributed by atoms with Gasteiger partial charge in [-0.3, -0.25) is 14.3 Å². The largest absolute Gasteiger partial charge is 0.333 e. The molecule has 2 aromatic rings. The van der Waals surface area contributed by atoms with Crippen LogP contribution < -0.4 is 9.62 Å². The number of carbonyl (C=O) groups is 1. The van der Waals surface area contributed by atoms with Crippen molar-refractivity contribution in [1.29, 1.82) is 0 Å². The number of anilines is 1. The van der Waals surface area contributed by atoms with Gasteiger partial charge in [-0.1, -0.05) is 23.7 Å². The number of benzodiazepines with no additional fused rings is 1. The molecule has 10 heteroatoms. The molecule has 3 rings (SSSR count). The second-order valence-corrected chi connectivity index (χ2v) is 7.40. The Hall–Kier alpha value is -2.33. The van der Waals surface area contributed by atoms with Gasteiger partial charge in [-0.15, -0.1) is 0 Å². The van der Waals surface area contributed by atoms with E-state index in [0.717, 1.165) is 0 Å². The summed E-state index contributed by atoms with van der Waals surface area (Å²) in [5.41, 5.74) is 1.38. The zero-order valence-corrected chi connectivity index (χ0v) is 15.5. The lowest BCUT2D eigenvalue weighted by molar-refractivity contribution is -0.117. The molecule has 0 radical (unpaired) electrons. The highest BCUT2D eigenvalue weighted by molar-refractivity contribution is 7.83. The predicted molar refractivity (Wildman–Crippen MR) is 100 cm³/mol. The van der Waals surface area contributed by atoms with Gasteiger partial charge in [-0.25, -0.2) is 4.39 Å². The number of nitrogens with one attached hydrogen (secondary N) is 1. The number of fused-ring (bicyclic) bond motifs is 1. The van der Waals surface area contributed by atoms with Crippen LogP contribution in [0.2, 0.25) is 5.02 Å². The third-order valence-electron chi connectivity index (χ3n) is 3.93. The maximum Gasteiger partial charge on any atom is 0.333 e. The molecule has 1 aliphatic heterocycles. The average Bonchev–Trinajstić information content (AvgIpc) is 2.72. The summed E-state index contributed by atoms with van der Waals surface area (Å²) in [6.07, 6.45) is 0. The van der Waals surface area contributed by atoms with E-state index >= 15 is 0 Å². The van der Waals surface area contributed by atoms with Gasteiger partial charge in [-0.05, 0) is 30.3 Å². The summed E-state index contributed by atoms with van der Waals surface area (Å²) in [5.74, 6) is -0.891. The Morgan fingerprint density at radius 2 is 1.96 bits per heavy atom. The van der Waals surface area contributed by atoms with Crippen LogP contribution in [0, 0.1) is 5.82 Å². The van der Waals surface area contributed by atoms with E-state index in [4.69, 9.17) is 16.2 Å². The van der Waals surface area contributed by atoms with Gasteiger partial charge >= 0.3 is 10.3 Å². The van der Waals surface area contributed by atoms with E-state index in [9.17, 15) is 17.6 Å². The summed E-state index contributed by atoms with van der Waals surface area (Å²) in [5, 5.41) is 0.378. The second kappa shape index (κ2) is 7.73. The molecular weight excluding hydrogens is 397 g/mol. The van der Waals surface area contributed by atoms with Crippen LogP contribution in [0.3, 0.4) is 0 Å². The SMILES string of the molecule is O=C1CN=C(c2ccccc2F)c2cc(Cl)ccc2N1CCNS(=O)(=O)O. The molecule has 2 N–H and O–H groups in total. The van der Waals surface area contributed by atoms with Crippen LogP contribution in [0.15, 0.2) is 47.5 Å². The highest BCUT2D eigenvalue weighted by atomic mass is 35.5. The van der Waals surface area contributed by atoms with Crippen molar-refractivity contribution < 1.29 is 22.2 Å². The van der Waals surface area contributed by atoms with Crippen molar-refractivity contribution in [3.8, 4) is 0 Å². The maximum absolute atomic E-state index is 14.3. The molecule has 0 atom stereocenters. The first-order valence-electron chi connectivity index (χ1n) is 7.88. The van der Waals surface area contributed by atoms with Crippen LogP contribution in [-0.4, -0.2) is 44.2 Å².